The van der Waals surface area contributed by atoms with Crippen molar-refractivity contribution in [1.29, 1.82) is 0 Å². The van der Waals surface area contributed by atoms with Crippen molar-refractivity contribution in [3.8, 4) is 11.1 Å². The van der Waals surface area contributed by atoms with Crippen LogP contribution >= 0.6 is 34.8 Å². The first-order valence-electron chi connectivity index (χ1n) is 12.8. The largest absolute Gasteiger partial charge is 0.413 e. The molecule has 0 spiro atoms. The average molecular weight is 597 g/mol. The van der Waals surface area contributed by atoms with E-state index >= 15 is 0 Å². The molecular formula is C27H36Cl3N5O2Si. The van der Waals surface area contributed by atoms with Crippen LogP contribution in [0.1, 0.15) is 45.0 Å². The average Bonchev–Trinajstić information content (AvgIpc) is 3.23. The highest BCUT2D eigenvalue weighted by Crippen LogP contribution is 2.33. The summed E-state index contributed by atoms with van der Waals surface area (Å²) < 4.78 is 8.41. The van der Waals surface area contributed by atoms with Gasteiger partial charge in [0.1, 0.15) is 22.2 Å². The highest BCUT2D eigenvalue weighted by Gasteiger charge is 2.30. The van der Waals surface area contributed by atoms with Gasteiger partial charge in [0.15, 0.2) is 8.32 Å². The fourth-order valence-corrected chi connectivity index (χ4v) is 8.70. The minimum absolute atomic E-state index is 0.0108. The van der Waals surface area contributed by atoms with Gasteiger partial charge in [0, 0.05) is 29.6 Å². The van der Waals surface area contributed by atoms with Crippen LogP contribution < -0.4 is 4.90 Å². The zero-order valence-electron chi connectivity index (χ0n) is 23.0. The summed E-state index contributed by atoms with van der Waals surface area (Å²) in [5, 5.41) is 4.92. The Hall–Kier alpha value is -1.97. The van der Waals surface area contributed by atoms with Gasteiger partial charge in [-0.3, -0.25) is 9.48 Å². The number of nitrogens with zero attached hydrogens (tertiary/aromatic N) is 5. The lowest BCUT2D eigenvalue weighted by atomic mass is 10.1. The quantitative estimate of drug-likeness (QED) is 0.166. The Kier molecular flexibility index (Phi) is 10.4. The number of rotatable bonds is 11. The monoisotopic (exact) mass is 595 g/mol. The van der Waals surface area contributed by atoms with Crippen LogP contribution in [0.25, 0.3) is 11.1 Å². The second kappa shape index (κ2) is 12.9. The molecule has 0 aliphatic carbocycles. The maximum absolute atomic E-state index is 13.8. The van der Waals surface area contributed by atoms with E-state index in [1.165, 1.54) is 6.33 Å². The first-order chi connectivity index (χ1) is 17.8. The molecule has 1 atom stereocenters. The normalized spacial score (nSPS) is 12.8. The predicted molar refractivity (Wildman–Crippen MR) is 159 cm³/mol. The van der Waals surface area contributed by atoms with Crippen molar-refractivity contribution in [3.05, 3.63) is 57.8 Å². The lowest BCUT2D eigenvalue weighted by Crippen LogP contribution is -2.43. The van der Waals surface area contributed by atoms with Gasteiger partial charge in [-0.05, 0) is 50.0 Å². The van der Waals surface area contributed by atoms with Crippen molar-refractivity contribution in [2.75, 3.05) is 11.4 Å². The van der Waals surface area contributed by atoms with E-state index in [1.54, 1.807) is 17.2 Å². The Balaban J connectivity index is 1.96. The molecule has 1 unspecified atom stereocenters. The molecule has 0 aliphatic heterocycles. The van der Waals surface area contributed by atoms with Gasteiger partial charge in [-0.15, -0.1) is 0 Å². The molecule has 0 aliphatic rings. The fourth-order valence-electron chi connectivity index (χ4n) is 4.71. The van der Waals surface area contributed by atoms with Crippen LogP contribution in [-0.2, 0) is 11.0 Å². The van der Waals surface area contributed by atoms with Crippen molar-refractivity contribution in [1.82, 2.24) is 19.7 Å². The highest BCUT2D eigenvalue weighted by molar-refractivity contribution is 6.71. The minimum atomic E-state index is -1.96. The van der Waals surface area contributed by atoms with Gasteiger partial charge in [0.2, 0.25) is 0 Å². The van der Waals surface area contributed by atoms with Crippen LogP contribution in [0, 0.1) is 11.8 Å². The molecular weight excluding hydrogens is 561 g/mol. The van der Waals surface area contributed by atoms with Crippen molar-refractivity contribution in [2.24, 2.45) is 11.8 Å². The number of carbonyl (C=O) groups is 1. The van der Waals surface area contributed by atoms with Gasteiger partial charge in [-0.2, -0.15) is 5.10 Å². The third-order valence-electron chi connectivity index (χ3n) is 5.83. The van der Waals surface area contributed by atoms with Gasteiger partial charge in [-0.25, -0.2) is 9.97 Å². The Bertz CT molecular complexity index is 1250. The highest BCUT2D eigenvalue weighted by atomic mass is 35.5. The molecule has 2 heterocycles. The zero-order valence-corrected chi connectivity index (χ0v) is 26.3. The van der Waals surface area contributed by atoms with E-state index < -0.39 is 14.2 Å². The summed E-state index contributed by atoms with van der Waals surface area (Å²) >= 11 is 19.3. The standard InChI is InChI=1S/C27H36Cl3N5O2Si/c1-17(2)12-34-14-20(11-33-34)22-9-8-21(10-23(22)28)35(13-19(5)37-38(6,7)15-18(3)4)27(36)24-25(29)31-16-32-26(24)30/h8-11,14,16-19H,12-13,15H2,1-7H3. The van der Waals surface area contributed by atoms with Crippen LogP contribution in [0.2, 0.25) is 34.5 Å². The number of carbonyl (C=O) groups excluding carboxylic acids is 1. The fraction of sp³-hybridized carbons (Fsp3) is 0.481. The smallest absolute Gasteiger partial charge is 0.264 e. The van der Waals surface area contributed by atoms with E-state index in [0.29, 0.717) is 22.5 Å². The number of amides is 1. The molecule has 0 saturated carbocycles. The Morgan fingerprint density at radius 2 is 1.71 bits per heavy atom. The Morgan fingerprint density at radius 3 is 2.29 bits per heavy atom. The summed E-state index contributed by atoms with van der Waals surface area (Å²) in [5.74, 6) is 0.573. The Labute approximate surface area is 241 Å². The van der Waals surface area contributed by atoms with Gasteiger partial charge in [0.25, 0.3) is 5.91 Å². The second-order valence-electron chi connectivity index (χ2n) is 11.0. The summed E-state index contributed by atoms with van der Waals surface area (Å²) in [6, 6.07) is 6.53. The van der Waals surface area contributed by atoms with Crippen molar-refractivity contribution in [2.45, 2.75) is 66.4 Å². The molecule has 7 nitrogen and oxygen atoms in total. The molecule has 1 amide bonds. The molecule has 38 heavy (non-hydrogen) atoms. The summed E-state index contributed by atoms with van der Waals surface area (Å²) in [7, 11) is -1.96. The first kappa shape index (κ1) is 30.6. The van der Waals surface area contributed by atoms with Gasteiger partial charge in [-0.1, -0.05) is 68.6 Å². The molecule has 3 rings (SSSR count). The van der Waals surface area contributed by atoms with Gasteiger partial charge in [0.05, 0.1) is 23.9 Å². The molecule has 0 fully saturated rings. The maximum Gasteiger partial charge on any atom is 0.264 e. The minimum Gasteiger partial charge on any atom is -0.413 e. The third kappa shape index (κ3) is 8.02. The summed E-state index contributed by atoms with van der Waals surface area (Å²) in [6.07, 6.45) is 4.75. The van der Waals surface area contributed by atoms with E-state index in [4.69, 9.17) is 39.2 Å². The van der Waals surface area contributed by atoms with Crippen molar-refractivity contribution < 1.29 is 9.22 Å². The molecule has 0 saturated heterocycles. The number of anilines is 1. The van der Waals surface area contributed by atoms with E-state index in [1.807, 2.05) is 29.9 Å². The van der Waals surface area contributed by atoms with Crippen LogP contribution in [-0.4, -0.2) is 46.6 Å². The topological polar surface area (TPSA) is 73.1 Å². The summed E-state index contributed by atoms with van der Waals surface area (Å²) in [4.78, 5) is 23.3. The molecule has 0 N–H and O–H groups in total. The van der Waals surface area contributed by atoms with Crippen LogP contribution in [0.3, 0.4) is 0 Å². The van der Waals surface area contributed by atoms with Gasteiger partial charge < -0.3 is 9.33 Å². The maximum atomic E-state index is 13.8. The zero-order chi connectivity index (χ0) is 28.2. The molecule has 0 bridgehead atoms. The lowest BCUT2D eigenvalue weighted by molar-refractivity contribution is 0.0970. The van der Waals surface area contributed by atoms with E-state index in [0.717, 1.165) is 23.7 Å². The molecule has 206 valence electrons. The number of hydrogen-bond donors (Lipinski definition) is 0. The van der Waals surface area contributed by atoms with Crippen molar-refractivity contribution >= 4 is 54.7 Å². The van der Waals surface area contributed by atoms with Crippen LogP contribution in [0.15, 0.2) is 36.9 Å². The van der Waals surface area contributed by atoms with Crippen molar-refractivity contribution in [3.63, 3.8) is 0 Å². The summed E-state index contributed by atoms with van der Waals surface area (Å²) in [6.45, 7) is 16.1. The number of benzene rings is 1. The number of aromatic nitrogens is 4. The van der Waals surface area contributed by atoms with E-state index in [9.17, 15) is 4.79 Å². The predicted octanol–water partition coefficient (Wildman–Crippen LogP) is 7.87. The van der Waals surface area contributed by atoms with Crippen LogP contribution in [0.4, 0.5) is 5.69 Å². The second-order valence-corrected chi connectivity index (χ2v) is 16.3. The lowest BCUT2D eigenvalue weighted by Gasteiger charge is -2.32. The SMILES string of the molecule is CC(C)Cn1cc(-c2ccc(N(CC(C)O[Si](C)(C)CC(C)C)C(=O)c3c(Cl)ncnc3Cl)cc2Cl)cn1. The number of hydrogen-bond acceptors (Lipinski definition) is 5. The molecule has 2 aromatic heterocycles. The summed E-state index contributed by atoms with van der Waals surface area (Å²) in [5.41, 5.74) is 2.36. The van der Waals surface area contributed by atoms with Crippen LogP contribution in [0.5, 0.6) is 0 Å². The molecule has 3 aromatic rings. The van der Waals surface area contributed by atoms with E-state index in [2.05, 4.69) is 55.9 Å². The van der Waals surface area contributed by atoms with Gasteiger partial charge >= 0.3 is 0 Å². The first-order valence-corrected chi connectivity index (χ1v) is 17.0. The number of halogens is 3. The molecule has 1 aromatic carbocycles. The molecule has 11 heteroatoms. The molecule has 0 radical (unpaired) electrons. The third-order valence-corrected chi connectivity index (χ3v) is 9.56. The Morgan fingerprint density at radius 1 is 1.05 bits per heavy atom. The van der Waals surface area contributed by atoms with E-state index in [-0.39, 0.29) is 28.5 Å².